The van der Waals surface area contributed by atoms with Gasteiger partial charge in [-0.05, 0) is 31.1 Å². The summed E-state index contributed by atoms with van der Waals surface area (Å²) in [5.41, 5.74) is 2.22. The van der Waals surface area contributed by atoms with Crippen LogP contribution < -0.4 is 0 Å². The summed E-state index contributed by atoms with van der Waals surface area (Å²) in [6.45, 7) is 4.24. The third-order valence-electron chi connectivity index (χ3n) is 5.13. The van der Waals surface area contributed by atoms with Gasteiger partial charge < -0.3 is 13.8 Å². The minimum absolute atomic E-state index is 0.178. The number of benzene rings is 1. The number of rotatable bonds is 6. The van der Waals surface area contributed by atoms with Gasteiger partial charge in [-0.1, -0.05) is 24.3 Å². The molecule has 0 spiro atoms. The van der Waals surface area contributed by atoms with E-state index in [1.807, 2.05) is 32.1 Å². The highest BCUT2D eigenvalue weighted by atomic mass is 31.2. The van der Waals surface area contributed by atoms with Crippen LogP contribution >= 0.6 is 7.60 Å². The normalized spacial score (nSPS) is 32.6. The third-order valence-corrected chi connectivity index (χ3v) is 7.85. The Balaban J connectivity index is 1.96. The lowest BCUT2D eigenvalue weighted by Crippen LogP contribution is -2.40. The topological polar surface area (TPSA) is 69.5 Å². The van der Waals surface area contributed by atoms with E-state index in [9.17, 15) is 4.57 Å². The molecular formula is C17H21N2O4P. The van der Waals surface area contributed by atoms with E-state index in [0.29, 0.717) is 13.2 Å². The SMILES string of the molecule is CCOP(=O)(OCC)C12N=NC3C(OC)=CC1c1ccccc1C32. The maximum Gasteiger partial charge on any atom is 0.361 e. The number of hydrogen-bond donors (Lipinski definition) is 0. The molecule has 4 atom stereocenters. The number of azo groups is 1. The van der Waals surface area contributed by atoms with Crippen molar-refractivity contribution in [3.05, 3.63) is 47.2 Å². The summed E-state index contributed by atoms with van der Waals surface area (Å²) >= 11 is 0. The van der Waals surface area contributed by atoms with E-state index in [-0.39, 0.29) is 17.9 Å². The quantitative estimate of drug-likeness (QED) is 0.722. The Bertz CT molecular complexity index is 768. The molecule has 3 aliphatic rings. The number of hydrogen-bond acceptors (Lipinski definition) is 6. The fourth-order valence-electron chi connectivity index (χ4n) is 4.34. The lowest BCUT2D eigenvalue weighted by atomic mass is 9.83. The molecule has 0 saturated carbocycles. The van der Waals surface area contributed by atoms with Crippen molar-refractivity contribution in [1.29, 1.82) is 0 Å². The average molecular weight is 348 g/mol. The standard InChI is InChI=1S/C17H21N2O4P/c1-4-22-24(20,23-5-2)17-13-10-14(21-3)16(18-19-17)15(17)12-9-7-6-8-11(12)13/h6-10,13,15-16H,4-5H2,1-3H3. The van der Waals surface area contributed by atoms with Gasteiger partial charge in [0, 0.05) is 5.92 Å². The zero-order chi connectivity index (χ0) is 16.9. The highest BCUT2D eigenvalue weighted by Crippen LogP contribution is 2.78. The molecule has 0 radical (unpaired) electrons. The van der Waals surface area contributed by atoms with E-state index < -0.39 is 12.9 Å². The Hall–Kier alpha value is -1.49. The smallest absolute Gasteiger partial charge is 0.361 e. The fraction of sp³-hybridized carbons (Fsp3) is 0.529. The van der Waals surface area contributed by atoms with Crippen LogP contribution in [-0.4, -0.2) is 31.6 Å². The van der Waals surface area contributed by atoms with Crippen molar-refractivity contribution in [2.75, 3.05) is 20.3 Å². The molecule has 0 aromatic heterocycles. The van der Waals surface area contributed by atoms with E-state index in [4.69, 9.17) is 13.8 Å². The van der Waals surface area contributed by atoms with Crippen molar-refractivity contribution in [3.63, 3.8) is 0 Å². The van der Waals surface area contributed by atoms with E-state index in [2.05, 4.69) is 22.4 Å². The predicted molar refractivity (Wildman–Crippen MR) is 89.2 cm³/mol. The molecule has 2 aliphatic carbocycles. The largest absolute Gasteiger partial charge is 0.499 e. The molecular weight excluding hydrogens is 327 g/mol. The van der Waals surface area contributed by atoms with Crippen molar-refractivity contribution >= 4 is 7.60 Å². The van der Waals surface area contributed by atoms with Crippen LogP contribution in [0.5, 0.6) is 0 Å². The number of methoxy groups -OCH3 is 1. The Kier molecular flexibility index (Phi) is 3.68. The van der Waals surface area contributed by atoms with Crippen molar-refractivity contribution < 1.29 is 18.3 Å². The van der Waals surface area contributed by atoms with Gasteiger partial charge in [-0.3, -0.25) is 4.57 Å². The van der Waals surface area contributed by atoms with Gasteiger partial charge in [-0.15, -0.1) is 0 Å². The molecule has 4 rings (SSSR count). The highest BCUT2D eigenvalue weighted by Gasteiger charge is 2.72. The van der Waals surface area contributed by atoms with Gasteiger partial charge in [0.15, 0.2) is 0 Å². The van der Waals surface area contributed by atoms with Gasteiger partial charge in [-0.25, -0.2) is 0 Å². The summed E-state index contributed by atoms with van der Waals surface area (Å²) < 4.78 is 30.8. The number of nitrogens with zero attached hydrogens (tertiary/aromatic N) is 2. The first-order valence-electron chi connectivity index (χ1n) is 8.28. The third kappa shape index (κ3) is 1.76. The van der Waals surface area contributed by atoms with Gasteiger partial charge in [0.1, 0.15) is 11.8 Å². The van der Waals surface area contributed by atoms with Crippen molar-refractivity contribution in [2.45, 2.75) is 37.0 Å². The molecule has 1 aromatic rings. The monoisotopic (exact) mass is 348 g/mol. The second-order valence-electron chi connectivity index (χ2n) is 6.13. The molecule has 0 saturated heterocycles. The Labute approximate surface area is 141 Å². The second-order valence-corrected chi connectivity index (χ2v) is 8.36. The Morgan fingerprint density at radius 1 is 1.17 bits per heavy atom. The van der Waals surface area contributed by atoms with E-state index >= 15 is 0 Å². The van der Waals surface area contributed by atoms with Crippen molar-refractivity contribution in [3.8, 4) is 0 Å². The van der Waals surface area contributed by atoms with Gasteiger partial charge >= 0.3 is 7.60 Å². The summed E-state index contributed by atoms with van der Waals surface area (Å²) in [4.78, 5) is 0. The predicted octanol–water partition coefficient (Wildman–Crippen LogP) is 4.21. The van der Waals surface area contributed by atoms with Crippen LogP contribution in [0.3, 0.4) is 0 Å². The second kappa shape index (κ2) is 5.51. The van der Waals surface area contributed by atoms with Gasteiger partial charge in [0.2, 0.25) is 5.28 Å². The fourth-order valence-corrected chi connectivity index (χ4v) is 6.85. The molecule has 24 heavy (non-hydrogen) atoms. The minimum Gasteiger partial charge on any atom is -0.499 e. The van der Waals surface area contributed by atoms with Crippen LogP contribution in [0.25, 0.3) is 0 Å². The first kappa shape index (κ1) is 16.0. The van der Waals surface area contributed by atoms with Gasteiger partial charge in [0.25, 0.3) is 0 Å². The zero-order valence-electron chi connectivity index (χ0n) is 14.0. The van der Waals surface area contributed by atoms with E-state index in [0.717, 1.165) is 16.9 Å². The summed E-state index contributed by atoms with van der Waals surface area (Å²) in [6, 6.07) is 7.83. The molecule has 4 unspecified atom stereocenters. The van der Waals surface area contributed by atoms with Crippen LogP contribution in [-0.2, 0) is 18.3 Å². The van der Waals surface area contributed by atoms with Crippen LogP contribution in [0.4, 0.5) is 0 Å². The first-order chi connectivity index (χ1) is 11.6. The molecule has 1 aliphatic heterocycles. The molecule has 0 N–H and O–H groups in total. The lowest BCUT2D eigenvalue weighted by Gasteiger charge is -2.39. The van der Waals surface area contributed by atoms with Crippen LogP contribution in [0, 0.1) is 0 Å². The number of ether oxygens (including phenoxy) is 1. The maximum absolute atomic E-state index is 13.8. The van der Waals surface area contributed by atoms with Crippen LogP contribution in [0.2, 0.25) is 0 Å². The lowest BCUT2D eigenvalue weighted by molar-refractivity contribution is 0.181. The summed E-state index contributed by atoms with van der Waals surface area (Å²) in [5, 5.41) is 7.97. The summed E-state index contributed by atoms with van der Waals surface area (Å²) in [7, 11) is -1.87. The average Bonchev–Trinajstić information content (AvgIpc) is 2.98. The summed E-state index contributed by atoms with van der Waals surface area (Å²) in [6.07, 6.45) is 2.00. The number of fused-ring (bicyclic) bond motifs is 2. The molecule has 7 heteroatoms. The van der Waals surface area contributed by atoms with Crippen LogP contribution in [0.1, 0.15) is 36.8 Å². The first-order valence-corrected chi connectivity index (χ1v) is 9.83. The van der Waals surface area contributed by atoms with Crippen LogP contribution in [0.15, 0.2) is 46.3 Å². The minimum atomic E-state index is -3.51. The van der Waals surface area contributed by atoms with Crippen molar-refractivity contribution in [1.82, 2.24) is 0 Å². The summed E-state index contributed by atoms with van der Waals surface area (Å²) in [5.74, 6) is 0.375. The van der Waals surface area contributed by atoms with E-state index in [1.54, 1.807) is 7.11 Å². The van der Waals surface area contributed by atoms with Gasteiger partial charge in [0.05, 0.1) is 26.2 Å². The Morgan fingerprint density at radius 2 is 1.83 bits per heavy atom. The van der Waals surface area contributed by atoms with Crippen molar-refractivity contribution in [2.24, 2.45) is 10.2 Å². The molecule has 6 nitrogen and oxygen atoms in total. The molecule has 1 aromatic carbocycles. The molecule has 128 valence electrons. The molecule has 4 bridgehead atoms. The maximum atomic E-state index is 13.8. The molecule has 1 heterocycles. The zero-order valence-corrected chi connectivity index (χ0v) is 14.9. The molecule has 0 amide bonds. The van der Waals surface area contributed by atoms with E-state index in [1.165, 1.54) is 0 Å². The highest BCUT2D eigenvalue weighted by molar-refractivity contribution is 7.55. The Morgan fingerprint density at radius 3 is 2.46 bits per heavy atom. The molecule has 0 fully saturated rings. The van der Waals surface area contributed by atoms with Gasteiger partial charge in [-0.2, -0.15) is 10.2 Å².